The molecule has 0 aliphatic heterocycles. The molecule has 0 radical (unpaired) electrons. The smallest absolute Gasteiger partial charge is 0.0682 e. The number of benzene rings is 1. The largest absolute Gasteiger partial charge is 0.392 e. The quantitative estimate of drug-likeness (QED) is 0.746. The Morgan fingerprint density at radius 3 is 2.67 bits per heavy atom. The molecule has 64 valence electrons. The van der Waals surface area contributed by atoms with Crippen LogP contribution in [0, 0.1) is 0 Å². The van der Waals surface area contributed by atoms with Crippen molar-refractivity contribution in [1.29, 1.82) is 0 Å². The Morgan fingerprint density at radius 2 is 2.17 bits per heavy atom. The SMILES string of the molecule is OCc1ccc(C2CC2)c(Cl)c1. The van der Waals surface area contributed by atoms with Gasteiger partial charge in [-0.2, -0.15) is 0 Å². The molecule has 2 heteroatoms. The minimum atomic E-state index is 0.0741. The van der Waals surface area contributed by atoms with E-state index in [9.17, 15) is 0 Å². The fourth-order valence-corrected chi connectivity index (χ4v) is 1.75. The van der Waals surface area contributed by atoms with Gasteiger partial charge in [0.25, 0.3) is 0 Å². The van der Waals surface area contributed by atoms with Crippen LogP contribution >= 0.6 is 11.6 Å². The zero-order chi connectivity index (χ0) is 8.55. The molecule has 0 saturated heterocycles. The standard InChI is InChI=1S/C10H11ClO/c11-10-5-7(6-12)1-4-9(10)8-2-3-8/h1,4-5,8,12H,2-3,6H2. The van der Waals surface area contributed by atoms with E-state index in [1.54, 1.807) is 0 Å². The van der Waals surface area contributed by atoms with Crippen molar-refractivity contribution in [2.24, 2.45) is 0 Å². The highest BCUT2D eigenvalue weighted by Crippen LogP contribution is 2.43. The van der Waals surface area contributed by atoms with Crippen molar-refractivity contribution < 1.29 is 5.11 Å². The molecule has 0 amide bonds. The number of aliphatic hydroxyl groups excluding tert-OH is 1. The molecule has 1 nitrogen and oxygen atoms in total. The second-order valence-electron chi connectivity index (χ2n) is 3.29. The lowest BCUT2D eigenvalue weighted by Gasteiger charge is -2.03. The summed E-state index contributed by atoms with van der Waals surface area (Å²) in [4.78, 5) is 0. The van der Waals surface area contributed by atoms with Crippen molar-refractivity contribution in [2.75, 3.05) is 0 Å². The summed E-state index contributed by atoms with van der Waals surface area (Å²) in [5.74, 6) is 0.685. The van der Waals surface area contributed by atoms with Crippen molar-refractivity contribution in [3.63, 3.8) is 0 Å². The maximum Gasteiger partial charge on any atom is 0.0682 e. The first kappa shape index (κ1) is 8.09. The summed E-state index contributed by atoms with van der Waals surface area (Å²) in [6.45, 7) is 0.0741. The molecule has 12 heavy (non-hydrogen) atoms. The minimum Gasteiger partial charge on any atom is -0.392 e. The van der Waals surface area contributed by atoms with Crippen molar-refractivity contribution >= 4 is 11.6 Å². The van der Waals surface area contributed by atoms with Gasteiger partial charge in [-0.25, -0.2) is 0 Å². The highest BCUT2D eigenvalue weighted by Gasteiger charge is 2.25. The van der Waals surface area contributed by atoms with E-state index >= 15 is 0 Å². The highest BCUT2D eigenvalue weighted by molar-refractivity contribution is 6.31. The molecule has 1 aliphatic carbocycles. The maximum absolute atomic E-state index is 8.85. The van der Waals surface area contributed by atoms with Gasteiger partial charge in [-0.05, 0) is 36.0 Å². The number of halogens is 1. The van der Waals surface area contributed by atoms with Crippen LogP contribution in [0.5, 0.6) is 0 Å². The van der Waals surface area contributed by atoms with E-state index in [-0.39, 0.29) is 6.61 Å². The third kappa shape index (κ3) is 1.47. The zero-order valence-electron chi connectivity index (χ0n) is 6.76. The molecule has 0 spiro atoms. The fraction of sp³-hybridized carbons (Fsp3) is 0.400. The topological polar surface area (TPSA) is 20.2 Å². The van der Waals surface area contributed by atoms with Gasteiger partial charge < -0.3 is 5.11 Å². The lowest BCUT2D eigenvalue weighted by Crippen LogP contribution is -1.86. The molecule has 1 saturated carbocycles. The third-order valence-electron chi connectivity index (χ3n) is 2.26. The van der Waals surface area contributed by atoms with Gasteiger partial charge in [0.15, 0.2) is 0 Å². The fourth-order valence-electron chi connectivity index (χ4n) is 1.39. The number of hydrogen-bond donors (Lipinski definition) is 1. The van der Waals surface area contributed by atoms with Gasteiger partial charge in [-0.3, -0.25) is 0 Å². The van der Waals surface area contributed by atoms with Crippen molar-refractivity contribution in [1.82, 2.24) is 0 Å². The monoisotopic (exact) mass is 182 g/mol. The van der Waals surface area contributed by atoms with Crippen LogP contribution < -0.4 is 0 Å². The first-order valence-electron chi connectivity index (χ1n) is 4.20. The zero-order valence-corrected chi connectivity index (χ0v) is 7.51. The summed E-state index contributed by atoms with van der Waals surface area (Å²) in [6.07, 6.45) is 2.52. The molecule has 1 fully saturated rings. The molecular weight excluding hydrogens is 172 g/mol. The van der Waals surface area contributed by atoms with Gasteiger partial charge in [0.1, 0.15) is 0 Å². The Hall–Kier alpha value is -0.530. The minimum absolute atomic E-state index is 0.0741. The average Bonchev–Trinajstić information content (AvgIpc) is 2.87. The van der Waals surface area contributed by atoms with E-state index in [0.717, 1.165) is 10.6 Å². The molecule has 0 heterocycles. The summed E-state index contributed by atoms with van der Waals surface area (Å²) < 4.78 is 0. The van der Waals surface area contributed by atoms with E-state index in [2.05, 4.69) is 0 Å². The second kappa shape index (κ2) is 3.08. The van der Waals surface area contributed by atoms with Crippen LogP contribution in [0.15, 0.2) is 18.2 Å². The van der Waals surface area contributed by atoms with Crippen molar-refractivity contribution in [3.8, 4) is 0 Å². The van der Waals surface area contributed by atoms with Gasteiger partial charge in [0.2, 0.25) is 0 Å². The van der Waals surface area contributed by atoms with Gasteiger partial charge >= 0.3 is 0 Å². The Labute approximate surface area is 77.0 Å². The van der Waals surface area contributed by atoms with Crippen LogP contribution in [0.3, 0.4) is 0 Å². The number of hydrogen-bond acceptors (Lipinski definition) is 1. The molecule has 1 aliphatic rings. The van der Waals surface area contributed by atoms with Crippen LogP contribution in [-0.4, -0.2) is 5.11 Å². The van der Waals surface area contributed by atoms with Crippen molar-refractivity contribution in [2.45, 2.75) is 25.4 Å². The molecule has 0 bridgehead atoms. The molecule has 1 aromatic rings. The predicted molar refractivity (Wildman–Crippen MR) is 49.3 cm³/mol. The van der Waals surface area contributed by atoms with Gasteiger partial charge in [0.05, 0.1) is 6.61 Å². The summed E-state index contributed by atoms with van der Waals surface area (Å²) in [5.41, 5.74) is 2.14. The molecule has 1 aromatic carbocycles. The van der Waals surface area contributed by atoms with E-state index in [4.69, 9.17) is 16.7 Å². The average molecular weight is 183 g/mol. The Kier molecular flexibility index (Phi) is 2.07. The Balaban J connectivity index is 2.32. The molecule has 1 N–H and O–H groups in total. The van der Waals surface area contributed by atoms with Crippen LogP contribution in [-0.2, 0) is 6.61 Å². The Morgan fingerprint density at radius 1 is 1.42 bits per heavy atom. The molecule has 0 unspecified atom stereocenters. The van der Waals surface area contributed by atoms with E-state index < -0.39 is 0 Å². The van der Waals surface area contributed by atoms with Crippen LogP contribution in [0.25, 0.3) is 0 Å². The molecule has 0 atom stereocenters. The Bertz CT molecular complexity index is 292. The normalized spacial score (nSPS) is 16.5. The summed E-state index contributed by atoms with van der Waals surface area (Å²) >= 11 is 6.03. The van der Waals surface area contributed by atoms with E-state index in [1.165, 1.54) is 18.4 Å². The summed E-state index contributed by atoms with van der Waals surface area (Å²) in [6, 6.07) is 5.83. The summed E-state index contributed by atoms with van der Waals surface area (Å²) in [7, 11) is 0. The second-order valence-corrected chi connectivity index (χ2v) is 3.70. The molecule has 2 rings (SSSR count). The van der Waals surface area contributed by atoms with Gasteiger partial charge in [-0.15, -0.1) is 0 Å². The van der Waals surface area contributed by atoms with Crippen LogP contribution in [0.4, 0.5) is 0 Å². The first-order valence-corrected chi connectivity index (χ1v) is 4.58. The highest BCUT2D eigenvalue weighted by atomic mass is 35.5. The van der Waals surface area contributed by atoms with Crippen LogP contribution in [0.2, 0.25) is 5.02 Å². The van der Waals surface area contributed by atoms with Crippen molar-refractivity contribution in [3.05, 3.63) is 34.3 Å². The number of aliphatic hydroxyl groups is 1. The maximum atomic E-state index is 8.85. The van der Waals surface area contributed by atoms with E-state index in [0.29, 0.717) is 5.92 Å². The van der Waals surface area contributed by atoms with Gasteiger partial charge in [-0.1, -0.05) is 23.7 Å². The van der Waals surface area contributed by atoms with Gasteiger partial charge in [0, 0.05) is 5.02 Å². The number of rotatable bonds is 2. The first-order chi connectivity index (χ1) is 5.81. The lowest BCUT2D eigenvalue weighted by molar-refractivity contribution is 0.282. The predicted octanol–water partition coefficient (Wildman–Crippen LogP) is 2.71. The summed E-state index contributed by atoms with van der Waals surface area (Å²) in [5, 5.41) is 9.66. The lowest BCUT2D eigenvalue weighted by atomic mass is 10.1. The van der Waals surface area contributed by atoms with Crippen LogP contribution in [0.1, 0.15) is 29.9 Å². The van der Waals surface area contributed by atoms with E-state index in [1.807, 2.05) is 18.2 Å². The molecular formula is C10H11ClO. The molecule has 0 aromatic heterocycles. The third-order valence-corrected chi connectivity index (χ3v) is 2.59.